The van der Waals surface area contributed by atoms with Crippen molar-refractivity contribution in [3.8, 4) is 11.5 Å². The maximum atomic E-state index is 13.0. The predicted molar refractivity (Wildman–Crippen MR) is 87.7 cm³/mol. The van der Waals surface area contributed by atoms with Crippen LogP contribution in [0.3, 0.4) is 0 Å². The molecular weight excluding hydrogens is 297 g/mol. The van der Waals surface area contributed by atoms with E-state index in [1.807, 2.05) is 26.0 Å². The van der Waals surface area contributed by atoms with Gasteiger partial charge < -0.3 is 14.4 Å². The Morgan fingerprint density at radius 3 is 2.43 bits per heavy atom. The minimum absolute atomic E-state index is 0.120. The molecule has 0 aliphatic carbocycles. The van der Waals surface area contributed by atoms with Gasteiger partial charge in [0.2, 0.25) is 0 Å². The van der Waals surface area contributed by atoms with E-state index in [0.717, 1.165) is 5.56 Å². The average Bonchev–Trinajstić information content (AvgIpc) is 2.56. The summed E-state index contributed by atoms with van der Waals surface area (Å²) in [4.78, 5) is 13.9. The summed E-state index contributed by atoms with van der Waals surface area (Å²) < 4.78 is 23.8. The van der Waals surface area contributed by atoms with Crippen molar-refractivity contribution in [2.24, 2.45) is 0 Å². The second-order valence-electron chi connectivity index (χ2n) is 5.06. The third kappa shape index (κ3) is 4.22. The molecule has 0 saturated carbocycles. The molecule has 0 spiro atoms. The fraction of sp³-hybridized carbons (Fsp3) is 0.278. The lowest BCUT2D eigenvalue weighted by atomic mass is 10.2. The van der Waals surface area contributed by atoms with Gasteiger partial charge in [0, 0.05) is 12.2 Å². The highest BCUT2D eigenvalue weighted by Crippen LogP contribution is 2.27. The van der Waals surface area contributed by atoms with E-state index in [9.17, 15) is 9.18 Å². The maximum Gasteiger partial charge on any atom is 0.264 e. The summed E-state index contributed by atoms with van der Waals surface area (Å²) >= 11 is 0. The van der Waals surface area contributed by atoms with Crippen molar-refractivity contribution in [2.75, 3.05) is 25.2 Å². The number of nitrogens with zero attached hydrogens (tertiary/aromatic N) is 1. The highest BCUT2D eigenvalue weighted by atomic mass is 19.1. The number of carbonyl (C=O) groups is 1. The van der Waals surface area contributed by atoms with Gasteiger partial charge in [0.05, 0.1) is 7.11 Å². The number of aryl methyl sites for hydroxylation is 1. The van der Waals surface area contributed by atoms with Crippen molar-refractivity contribution in [1.29, 1.82) is 0 Å². The minimum Gasteiger partial charge on any atom is -0.493 e. The summed E-state index contributed by atoms with van der Waals surface area (Å²) in [6, 6.07) is 11.3. The second-order valence-corrected chi connectivity index (χ2v) is 5.06. The first-order chi connectivity index (χ1) is 11.0. The molecule has 0 saturated heterocycles. The maximum absolute atomic E-state index is 13.0. The third-order valence-corrected chi connectivity index (χ3v) is 3.43. The SMILES string of the molecule is CCN(C(=O)COc1ccc(C)cc1OC)c1ccc(F)cc1. The van der Waals surface area contributed by atoms with Crippen LogP contribution in [0, 0.1) is 12.7 Å². The lowest BCUT2D eigenvalue weighted by Crippen LogP contribution is -2.34. The summed E-state index contributed by atoms with van der Waals surface area (Å²) in [5.41, 5.74) is 1.68. The van der Waals surface area contributed by atoms with E-state index in [-0.39, 0.29) is 18.3 Å². The van der Waals surface area contributed by atoms with Gasteiger partial charge in [-0.25, -0.2) is 4.39 Å². The lowest BCUT2D eigenvalue weighted by molar-refractivity contribution is -0.120. The number of amides is 1. The normalized spacial score (nSPS) is 10.3. The summed E-state index contributed by atoms with van der Waals surface area (Å²) in [7, 11) is 1.56. The first-order valence-corrected chi connectivity index (χ1v) is 7.38. The summed E-state index contributed by atoms with van der Waals surface area (Å²) in [5, 5.41) is 0. The quantitative estimate of drug-likeness (QED) is 0.817. The average molecular weight is 317 g/mol. The van der Waals surface area contributed by atoms with Crippen LogP contribution in [0.5, 0.6) is 11.5 Å². The minimum atomic E-state index is -0.335. The Hall–Kier alpha value is -2.56. The van der Waals surface area contributed by atoms with E-state index in [1.54, 1.807) is 30.2 Å². The van der Waals surface area contributed by atoms with Crippen molar-refractivity contribution < 1.29 is 18.7 Å². The summed E-state index contributed by atoms with van der Waals surface area (Å²) in [5.74, 6) is 0.559. The molecule has 122 valence electrons. The van der Waals surface area contributed by atoms with Crippen molar-refractivity contribution >= 4 is 11.6 Å². The van der Waals surface area contributed by atoms with Crippen LogP contribution in [0.1, 0.15) is 12.5 Å². The van der Waals surface area contributed by atoms with E-state index in [4.69, 9.17) is 9.47 Å². The van der Waals surface area contributed by atoms with Crippen LogP contribution in [-0.4, -0.2) is 26.2 Å². The number of ether oxygens (including phenoxy) is 2. The lowest BCUT2D eigenvalue weighted by Gasteiger charge is -2.21. The largest absolute Gasteiger partial charge is 0.493 e. The summed E-state index contributed by atoms with van der Waals surface area (Å²) in [6.45, 7) is 4.15. The van der Waals surface area contributed by atoms with Gasteiger partial charge in [-0.2, -0.15) is 0 Å². The number of anilines is 1. The second kappa shape index (κ2) is 7.63. The zero-order chi connectivity index (χ0) is 16.8. The van der Waals surface area contributed by atoms with E-state index in [0.29, 0.717) is 23.7 Å². The van der Waals surface area contributed by atoms with E-state index in [1.165, 1.54) is 12.1 Å². The highest BCUT2D eigenvalue weighted by molar-refractivity contribution is 5.94. The third-order valence-electron chi connectivity index (χ3n) is 3.43. The fourth-order valence-corrected chi connectivity index (χ4v) is 2.24. The fourth-order valence-electron chi connectivity index (χ4n) is 2.24. The number of methoxy groups -OCH3 is 1. The van der Waals surface area contributed by atoms with Crippen molar-refractivity contribution in [2.45, 2.75) is 13.8 Å². The zero-order valence-electron chi connectivity index (χ0n) is 13.5. The molecule has 1 amide bonds. The molecule has 0 bridgehead atoms. The smallest absolute Gasteiger partial charge is 0.264 e. The topological polar surface area (TPSA) is 38.8 Å². The number of carbonyl (C=O) groups excluding carboxylic acids is 1. The Balaban J connectivity index is 2.07. The molecule has 0 N–H and O–H groups in total. The van der Waals surface area contributed by atoms with E-state index in [2.05, 4.69) is 0 Å². The number of likely N-dealkylation sites (N-methyl/N-ethyl adjacent to an activating group) is 1. The van der Waals surface area contributed by atoms with Crippen molar-refractivity contribution in [3.05, 3.63) is 53.8 Å². The van der Waals surface area contributed by atoms with E-state index < -0.39 is 0 Å². The molecule has 5 heteroatoms. The van der Waals surface area contributed by atoms with Gasteiger partial charge in [0.1, 0.15) is 5.82 Å². The molecule has 0 aliphatic rings. The molecule has 2 rings (SSSR count). The molecule has 23 heavy (non-hydrogen) atoms. The molecule has 0 fully saturated rings. The molecule has 0 aliphatic heterocycles. The van der Waals surface area contributed by atoms with Gasteiger partial charge in [-0.1, -0.05) is 6.07 Å². The number of halogens is 1. The molecule has 2 aromatic rings. The molecule has 0 unspecified atom stereocenters. The Labute approximate surface area is 135 Å². The first kappa shape index (κ1) is 16.8. The van der Waals surface area contributed by atoms with Gasteiger partial charge in [-0.3, -0.25) is 4.79 Å². The van der Waals surface area contributed by atoms with Crippen LogP contribution in [0.2, 0.25) is 0 Å². The standard InChI is InChI=1S/C18H20FNO3/c1-4-20(15-8-6-14(19)7-9-15)18(21)12-23-16-10-5-13(2)11-17(16)22-3/h5-11H,4,12H2,1-3H3. The van der Waals surface area contributed by atoms with Crippen LogP contribution < -0.4 is 14.4 Å². The molecule has 4 nitrogen and oxygen atoms in total. The van der Waals surface area contributed by atoms with Crippen LogP contribution in [0.4, 0.5) is 10.1 Å². The molecule has 0 radical (unpaired) electrons. The Morgan fingerprint density at radius 1 is 1.13 bits per heavy atom. The summed E-state index contributed by atoms with van der Waals surface area (Å²) in [6.07, 6.45) is 0. The van der Waals surface area contributed by atoms with E-state index >= 15 is 0 Å². The molecular formula is C18H20FNO3. The Bertz CT molecular complexity index is 670. The monoisotopic (exact) mass is 317 g/mol. The molecule has 0 atom stereocenters. The predicted octanol–water partition coefficient (Wildman–Crippen LogP) is 3.57. The van der Waals surface area contributed by atoms with Gasteiger partial charge in [-0.15, -0.1) is 0 Å². The van der Waals surface area contributed by atoms with Crippen molar-refractivity contribution in [1.82, 2.24) is 0 Å². The number of hydrogen-bond donors (Lipinski definition) is 0. The van der Waals surface area contributed by atoms with Crippen LogP contribution >= 0.6 is 0 Å². The Morgan fingerprint density at radius 2 is 1.83 bits per heavy atom. The number of benzene rings is 2. The Kier molecular flexibility index (Phi) is 5.57. The van der Waals surface area contributed by atoms with Crippen LogP contribution in [0.15, 0.2) is 42.5 Å². The van der Waals surface area contributed by atoms with Crippen molar-refractivity contribution in [3.63, 3.8) is 0 Å². The van der Waals surface area contributed by atoms with Gasteiger partial charge >= 0.3 is 0 Å². The highest BCUT2D eigenvalue weighted by Gasteiger charge is 2.15. The van der Waals surface area contributed by atoms with Gasteiger partial charge in [0.25, 0.3) is 5.91 Å². The molecule has 0 aromatic heterocycles. The van der Waals surface area contributed by atoms with Crippen LogP contribution in [0.25, 0.3) is 0 Å². The number of hydrogen-bond acceptors (Lipinski definition) is 3. The van der Waals surface area contributed by atoms with Crippen LogP contribution in [-0.2, 0) is 4.79 Å². The van der Waals surface area contributed by atoms with Gasteiger partial charge in [0.15, 0.2) is 18.1 Å². The van der Waals surface area contributed by atoms with Gasteiger partial charge in [-0.05, 0) is 55.8 Å². The first-order valence-electron chi connectivity index (χ1n) is 7.38. The molecule has 2 aromatic carbocycles. The number of rotatable bonds is 6. The molecule has 0 heterocycles. The zero-order valence-corrected chi connectivity index (χ0v) is 13.5.